The Morgan fingerprint density at radius 3 is 2.73 bits per heavy atom. The molecule has 0 unspecified atom stereocenters. The standard InChI is InChI=1S/C19H20N4O3/c1-25-16-5-3-4-14(8-16)20-12-19(24)23-15-6-7-17(18(9-15)26-2)13-10-21-22-11-13/h3-11,20H,12H2,1-2H3,(H,21,22)(H,23,24). The van der Waals surface area contributed by atoms with Crippen LogP contribution in [0.4, 0.5) is 11.4 Å². The van der Waals surface area contributed by atoms with E-state index in [0.29, 0.717) is 11.4 Å². The topological polar surface area (TPSA) is 88.3 Å². The molecule has 0 saturated carbocycles. The number of benzene rings is 2. The summed E-state index contributed by atoms with van der Waals surface area (Å²) in [5.74, 6) is 1.23. The van der Waals surface area contributed by atoms with Crippen LogP contribution in [-0.4, -0.2) is 36.9 Å². The quantitative estimate of drug-likeness (QED) is 0.608. The van der Waals surface area contributed by atoms with E-state index in [-0.39, 0.29) is 12.5 Å². The highest BCUT2D eigenvalue weighted by Gasteiger charge is 2.10. The second-order valence-corrected chi connectivity index (χ2v) is 5.54. The van der Waals surface area contributed by atoms with Crippen LogP contribution in [0.2, 0.25) is 0 Å². The lowest BCUT2D eigenvalue weighted by Gasteiger charge is -2.12. The fraction of sp³-hybridized carbons (Fsp3) is 0.158. The average molecular weight is 352 g/mol. The van der Waals surface area contributed by atoms with Gasteiger partial charge in [-0.15, -0.1) is 0 Å². The number of nitrogens with one attached hydrogen (secondary N) is 3. The summed E-state index contributed by atoms with van der Waals surface area (Å²) in [7, 11) is 3.20. The average Bonchev–Trinajstić information content (AvgIpc) is 3.21. The maximum Gasteiger partial charge on any atom is 0.243 e. The number of ether oxygens (including phenoxy) is 2. The third kappa shape index (κ3) is 4.13. The van der Waals surface area contributed by atoms with Gasteiger partial charge in [0.25, 0.3) is 0 Å². The summed E-state index contributed by atoms with van der Waals surface area (Å²) in [6.45, 7) is 0.138. The summed E-state index contributed by atoms with van der Waals surface area (Å²) in [4.78, 5) is 12.2. The van der Waals surface area contributed by atoms with Crippen LogP contribution < -0.4 is 20.1 Å². The van der Waals surface area contributed by atoms with Crippen molar-refractivity contribution < 1.29 is 14.3 Å². The molecule has 1 aromatic heterocycles. The van der Waals surface area contributed by atoms with E-state index in [9.17, 15) is 4.79 Å². The van der Waals surface area contributed by atoms with Gasteiger partial charge in [0.15, 0.2) is 0 Å². The molecule has 0 aliphatic heterocycles. The molecule has 1 amide bonds. The third-order valence-corrected chi connectivity index (χ3v) is 3.82. The zero-order chi connectivity index (χ0) is 18.4. The molecule has 3 aromatic rings. The minimum Gasteiger partial charge on any atom is -0.497 e. The van der Waals surface area contributed by atoms with Crippen molar-refractivity contribution in [2.75, 3.05) is 31.4 Å². The summed E-state index contributed by atoms with van der Waals surface area (Å²) in [5, 5.41) is 12.6. The molecule has 3 N–H and O–H groups in total. The van der Waals surface area contributed by atoms with Crippen LogP contribution in [0.15, 0.2) is 54.9 Å². The lowest BCUT2D eigenvalue weighted by molar-refractivity contribution is -0.114. The highest BCUT2D eigenvalue weighted by molar-refractivity contribution is 5.94. The Balaban J connectivity index is 1.63. The number of amides is 1. The minimum absolute atomic E-state index is 0.138. The zero-order valence-corrected chi connectivity index (χ0v) is 14.6. The molecule has 0 aliphatic carbocycles. The molecule has 134 valence electrons. The van der Waals surface area contributed by atoms with Gasteiger partial charge in [0.05, 0.1) is 27.0 Å². The van der Waals surface area contributed by atoms with Gasteiger partial charge >= 0.3 is 0 Å². The Morgan fingerprint density at radius 2 is 2.00 bits per heavy atom. The summed E-state index contributed by atoms with van der Waals surface area (Å²) < 4.78 is 10.6. The van der Waals surface area contributed by atoms with Crippen LogP contribution in [0.25, 0.3) is 11.1 Å². The number of aromatic amines is 1. The largest absolute Gasteiger partial charge is 0.497 e. The van der Waals surface area contributed by atoms with Gasteiger partial charge in [-0.05, 0) is 24.3 Å². The third-order valence-electron chi connectivity index (χ3n) is 3.82. The second-order valence-electron chi connectivity index (χ2n) is 5.54. The van der Waals surface area contributed by atoms with Gasteiger partial charge in [0, 0.05) is 40.8 Å². The Hall–Kier alpha value is -3.48. The van der Waals surface area contributed by atoms with Crippen molar-refractivity contribution in [3.8, 4) is 22.6 Å². The van der Waals surface area contributed by atoms with Crippen LogP contribution in [0.1, 0.15) is 0 Å². The molecule has 3 rings (SSSR count). The van der Waals surface area contributed by atoms with Gasteiger partial charge < -0.3 is 20.1 Å². The molecule has 7 nitrogen and oxygen atoms in total. The van der Waals surface area contributed by atoms with E-state index >= 15 is 0 Å². The van der Waals surface area contributed by atoms with Gasteiger partial charge in [-0.3, -0.25) is 9.89 Å². The number of nitrogens with zero attached hydrogens (tertiary/aromatic N) is 1. The van der Waals surface area contributed by atoms with E-state index in [1.165, 1.54) is 0 Å². The van der Waals surface area contributed by atoms with Crippen molar-refractivity contribution in [3.05, 3.63) is 54.9 Å². The van der Waals surface area contributed by atoms with Crippen molar-refractivity contribution in [2.24, 2.45) is 0 Å². The van der Waals surface area contributed by atoms with Crippen molar-refractivity contribution >= 4 is 17.3 Å². The monoisotopic (exact) mass is 352 g/mol. The minimum atomic E-state index is -0.161. The number of methoxy groups -OCH3 is 2. The molecule has 0 spiro atoms. The maximum absolute atomic E-state index is 12.2. The van der Waals surface area contributed by atoms with E-state index in [1.807, 2.05) is 36.4 Å². The van der Waals surface area contributed by atoms with Gasteiger partial charge in [0.2, 0.25) is 5.91 Å². The zero-order valence-electron chi connectivity index (χ0n) is 14.6. The Labute approximate surface area is 151 Å². The van der Waals surface area contributed by atoms with Gasteiger partial charge in [-0.1, -0.05) is 6.07 Å². The second kappa shape index (κ2) is 8.06. The number of carbonyl (C=O) groups is 1. The number of hydrogen-bond donors (Lipinski definition) is 3. The molecule has 0 radical (unpaired) electrons. The molecular weight excluding hydrogens is 332 g/mol. The normalized spacial score (nSPS) is 10.2. The summed E-state index contributed by atoms with van der Waals surface area (Å²) in [6, 6.07) is 12.9. The summed E-state index contributed by atoms with van der Waals surface area (Å²) in [6.07, 6.45) is 3.50. The lowest BCUT2D eigenvalue weighted by atomic mass is 10.1. The van der Waals surface area contributed by atoms with Crippen molar-refractivity contribution in [1.82, 2.24) is 10.2 Å². The molecule has 1 heterocycles. The first-order valence-electron chi connectivity index (χ1n) is 8.04. The van der Waals surface area contributed by atoms with Crippen molar-refractivity contribution in [1.29, 1.82) is 0 Å². The number of H-pyrrole nitrogens is 1. The first-order valence-corrected chi connectivity index (χ1v) is 8.04. The first-order chi connectivity index (χ1) is 12.7. The number of aromatic nitrogens is 2. The van der Waals surface area contributed by atoms with Crippen LogP contribution >= 0.6 is 0 Å². The Morgan fingerprint density at radius 1 is 1.12 bits per heavy atom. The predicted octanol–water partition coefficient (Wildman–Crippen LogP) is 3.14. The smallest absolute Gasteiger partial charge is 0.243 e. The molecule has 7 heteroatoms. The first kappa shape index (κ1) is 17.3. The molecule has 0 bridgehead atoms. The molecule has 0 saturated heterocycles. The fourth-order valence-electron chi connectivity index (χ4n) is 2.53. The Bertz CT molecular complexity index is 878. The maximum atomic E-state index is 12.2. The van der Waals surface area contributed by atoms with E-state index in [0.717, 1.165) is 22.6 Å². The predicted molar refractivity (Wildman–Crippen MR) is 101 cm³/mol. The summed E-state index contributed by atoms with van der Waals surface area (Å²) >= 11 is 0. The number of rotatable bonds is 7. The Kier molecular flexibility index (Phi) is 5.38. The van der Waals surface area contributed by atoms with E-state index in [2.05, 4.69) is 20.8 Å². The lowest BCUT2D eigenvalue weighted by Crippen LogP contribution is -2.21. The van der Waals surface area contributed by atoms with E-state index in [1.54, 1.807) is 32.7 Å². The van der Waals surface area contributed by atoms with Crippen LogP contribution in [0.5, 0.6) is 11.5 Å². The highest BCUT2D eigenvalue weighted by atomic mass is 16.5. The SMILES string of the molecule is COc1cccc(NCC(=O)Nc2ccc(-c3cn[nH]c3)c(OC)c2)c1. The van der Waals surface area contributed by atoms with Gasteiger partial charge in [0.1, 0.15) is 11.5 Å². The van der Waals surface area contributed by atoms with Crippen LogP contribution in [0.3, 0.4) is 0 Å². The molecular formula is C19H20N4O3. The molecule has 0 atom stereocenters. The van der Waals surface area contributed by atoms with Gasteiger partial charge in [-0.25, -0.2) is 0 Å². The molecule has 0 fully saturated rings. The van der Waals surface area contributed by atoms with Crippen LogP contribution in [0, 0.1) is 0 Å². The fourth-order valence-corrected chi connectivity index (χ4v) is 2.53. The van der Waals surface area contributed by atoms with Crippen molar-refractivity contribution in [3.63, 3.8) is 0 Å². The molecule has 26 heavy (non-hydrogen) atoms. The molecule has 2 aromatic carbocycles. The molecule has 0 aliphatic rings. The number of hydrogen-bond acceptors (Lipinski definition) is 5. The number of carbonyl (C=O) groups excluding carboxylic acids is 1. The van der Waals surface area contributed by atoms with Crippen LogP contribution in [-0.2, 0) is 4.79 Å². The number of anilines is 2. The van der Waals surface area contributed by atoms with E-state index < -0.39 is 0 Å². The summed E-state index contributed by atoms with van der Waals surface area (Å²) in [5.41, 5.74) is 3.28. The van der Waals surface area contributed by atoms with Gasteiger partial charge in [-0.2, -0.15) is 5.10 Å². The highest BCUT2D eigenvalue weighted by Crippen LogP contribution is 2.31. The van der Waals surface area contributed by atoms with E-state index in [4.69, 9.17) is 9.47 Å². The van der Waals surface area contributed by atoms with Crippen molar-refractivity contribution in [2.45, 2.75) is 0 Å².